The first kappa shape index (κ1) is 26.6. The average Bonchev–Trinajstić information content (AvgIpc) is 3.59. The van der Waals surface area contributed by atoms with Gasteiger partial charge in [-0.25, -0.2) is 23.7 Å². The van der Waals surface area contributed by atoms with Gasteiger partial charge in [0.2, 0.25) is 0 Å². The highest BCUT2D eigenvalue weighted by atomic mass is 32.1. The summed E-state index contributed by atoms with van der Waals surface area (Å²) in [4.78, 5) is 34.5. The number of carbonyl (C=O) groups excluding carboxylic acids is 1. The number of piperidine rings is 1. The molecule has 0 unspecified atom stereocenters. The Kier molecular flexibility index (Phi) is 7.68. The highest BCUT2D eigenvalue weighted by Crippen LogP contribution is 2.38. The molecule has 3 aliphatic heterocycles. The molecular weight excluding hydrogens is 532 g/mol. The Balaban J connectivity index is 0.000000366. The van der Waals surface area contributed by atoms with E-state index in [0.29, 0.717) is 17.9 Å². The number of hydrogen-bond donors (Lipinski definition) is 2. The smallest absolute Gasteiger partial charge is 0.261 e. The minimum Gasteiger partial charge on any atom is -0.399 e. The minimum atomic E-state index is -2.42. The number of alkyl halides is 2. The van der Waals surface area contributed by atoms with Crippen LogP contribution < -0.4 is 10.6 Å². The molecule has 4 fully saturated rings. The third-order valence-corrected chi connectivity index (χ3v) is 8.52. The number of amides is 1. The highest BCUT2D eigenvalue weighted by molar-refractivity contribution is 7.16. The van der Waals surface area contributed by atoms with Crippen molar-refractivity contribution in [1.29, 1.82) is 0 Å². The number of fused-ring (bicyclic) bond motifs is 2. The molecule has 13 heteroatoms. The van der Waals surface area contributed by atoms with Crippen molar-refractivity contribution in [3.05, 3.63) is 40.0 Å². The lowest BCUT2D eigenvalue weighted by molar-refractivity contribution is 0.0107. The number of nitrogens with zero attached hydrogens (tertiary/aromatic N) is 5. The second kappa shape index (κ2) is 11.0. The van der Waals surface area contributed by atoms with Gasteiger partial charge in [0.1, 0.15) is 12.9 Å². The zero-order valence-electron chi connectivity index (χ0n) is 21.3. The molecule has 0 radical (unpaired) electrons. The van der Waals surface area contributed by atoms with Gasteiger partial charge < -0.3 is 20.4 Å². The maximum Gasteiger partial charge on any atom is 0.261 e. The Bertz CT molecular complexity index is 1300. The molecule has 2 atom stereocenters. The highest BCUT2D eigenvalue weighted by Gasteiger charge is 2.47. The van der Waals surface area contributed by atoms with Crippen molar-refractivity contribution in [2.24, 2.45) is 5.16 Å². The summed E-state index contributed by atoms with van der Waals surface area (Å²) >= 11 is 3.17. The van der Waals surface area contributed by atoms with Crippen LogP contribution in [0.3, 0.4) is 0 Å². The standard InChI is InChI=1S/C21H22N6O2S2.C4H7F2N/c1-11-19(31-12(2)23-11)17-10-30-21(24-17)25-18-5-4-13(9-22-18)20(28)27-15-6-14(26-29-3)7-16(27)8-15;5-4(6)1-2-7-3-4/h4-5,9-10,15-16H,6-8H2,1-3H3,(H,22,24,25);7H,1-3H2/t15-,16+;. The van der Waals surface area contributed by atoms with E-state index < -0.39 is 5.92 Å². The van der Waals surface area contributed by atoms with E-state index in [0.717, 1.165) is 51.4 Å². The van der Waals surface area contributed by atoms with Crippen molar-refractivity contribution in [2.75, 3.05) is 25.5 Å². The first-order valence-electron chi connectivity index (χ1n) is 12.4. The molecule has 9 nitrogen and oxygen atoms in total. The van der Waals surface area contributed by atoms with Crippen molar-refractivity contribution in [3.8, 4) is 10.6 Å². The van der Waals surface area contributed by atoms with E-state index in [-0.39, 0.29) is 31.0 Å². The zero-order valence-corrected chi connectivity index (χ0v) is 23.0. The summed E-state index contributed by atoms with van der Waals surface area (Å²) in [6, 6.07) is 4.07. The molecule has 3 saturated heterocycles. The molecule has 0 spiro atoms. The quantitative estimate of drug-likeness (QED) is 0.422. The Morgan fingerprint density at radius 1 is 1.26 bits per heavy atom. The van der Waals surface area contributed by atoms with Gasteiger partial charge in [-0.15, -0.1) is 22.7 Å². The van der Waals surface area contributed by atoms with Gasteiger partial charge in [0.05, 0.1) is 39.1 Å². The lowest BCUT2D eigenvalue weighted by Crippen LogP contribution is -2.63. The molecule has 3 aromatic heterocycles. The summed E-state index contributed by atoms with van der Waals surface area (Å²) in [5.74, 6) is -1.72. The summed E-state index contributed by atoms with van der Waals surface area (Å²) in [7, 11) is 1.56. The summed E-state index contributed by atoms with van der Waals surface area (Å²) in [5, 5.41) is 13.7. The third-order valence-electron chi connectivity index (χ3n) is 6.67. The SMILES string of the molecule is CON=C1C[C@@H]2C[C@H](C1)N2C(=O)c1ccc(Nc2nc(-c3sc(C)nc3C)cs2)nc1.FC1(F)CCNC1. The van der Waals surface area contributed by atoms with Crippen LogP contribution in [0.4, 0.5) is 19.7 Å². The van der Waals surface area contributed by atoms with E-state index in [4.69, 9.17) is 4.84 Å². The number of halogens is 2. The molecule has 6 heterocycles. The number of oxime groups is 1. The van der Waals surface area contributed by atoms with Gasteiger partial charge in [-0.05, 0) is 32.4 Å². The van der Waals surface area contributed by atoms with Crippen LogP contribution in [0.2, 0.25) is 0 Å². The van der Waals surface area contributed by atoms with Crippen LogP contribution >= 0.6 is 22.7 Å². The molecule has 2 bridgehead atoms. The molecule has 4 aliphatic rings. The monoisotopic (exact) mass is 561 g/mol. The minimum absolute atomic E-state index is 0.00694. The predicted octanol–water partition coefficient (Wildman–Crippen LogP) is 5.02. The van der Waals surface area contributed by atoms with Gasteiger partial charge in [-0.1, -0.05) is 5.16 Å². The Labute approximate surface area is 227 Å². The van der Waals surface area contributed by atoms with E-state index in [1.165, 1.54) is 11.3 Å². The fourth-order valence-corrected chi connectivity index (χ4v) is 6.58. The Hall–Kier alpha value is -3.03. The van der Waals surface area contributed by atoms with E-state index >= 15 is 0 Å². The van der Waals surface area contributed by atoms with Gasteiger partial charge in [-0.3, -0.25) is 4.79 Å². The summed E-state index contributed by atoms with van der Waals surface area (Å²) < 4.78 is 23.8. The Morgan fingerprint density at radius 2 is 2.05 bits per heavy atom. The number of hydrogen-bond acceptors (Lipinski definition) is 10. The fraction of sp³-hybridized carbons (Fsp3) is 0.480. The molecule has 202 valence electrons. The maximum absolute atomic E-state index is 12.9. The van der Waals surface area contributed by atoms with Gasteiger partial charge in [0, 0.05) is 49.5 Å². The van der Waals surface area contributed by atoms with Crippen molar-refractivity contribution in [1.82, 2.24) is 25.2 Å². The van der Waals surface area contributed by atoms with Crippen LogP contribution in [0, 0.1) is 13.8 Å². The number of nitrogens with one attached hydrogen (secondary N) is 2. The van der Waals surface area contributed by atoms with Crippen molar-refractivity contribution in [3.63, 3.8) is 0 Å². The molecule has 0 aromatic carbocycles. The van der Waals surface area contributed by atoms with Crippen LogP contribution in [0.1, 0.15) is 46.7 Å². The van der Waals surface area contributed by atoms with Crippen LogP contribution in [-0.2, 0) is 4.84 Å². The lowest BCUT2D eigenvalue weighted by Gasteiger charge is -2.52. The van der Waals surface area contributed by atoms with E-state index in [1.807, 2.05) is 36.3 Å². The number of rotatable bonds is 5. The average molecular weight is 562 g/mol. The van der Waals surface area contributed by atoms with Crippen molar-refractivity contribution >= 4 is 45.2 Å². The van der Waals surface area contributed by atoms with E-state index in [1.54, 1.807) is 24.6 Å². The number of thiazole rings is 2. The second-order valence-corrected chi connectivity index (χ2v) is 11.6. The summed E-state index contributed by atoms with van der Waals surface area (Å²) in [6.07, 6.45) is 4.25. The molecule has 2 N–H and O–H groups in total. The van der Waals surface area contributed by atoms with Crippen LogP contribution in [-0.4, -0.2) is 69.7 Å². The van der Waals surface area contributed by atoms with Crippen molar-refractivity contribution in [2.45, 2.75) is 57.5 Å². The van der Waals surface area contributed by atoms with Crippen molar-refractivity contribution < 1.29 is 18.4 Å². The largest absolute Gasteiger partial charge is 0.399 e. The Morgan fingerprint density at radius 3 is 2.61 bits per heavy atom. The topological polar surface area (TPSA) is 105 Å². The van der Waals surface area contributed by atoms with Crippen LogP contribution in [0.15, 0.2) is 28.9 Å². The van der Waals surface area contributed by atoms with Gasteiger partial charge in [0.15, 0.2) is 5.13 Å². The summed E-state index contributed by atoms with van der Waals surface area (Å²) in [6.45, 7) is 4.33. The maximum atomic E-state index is 12.9. The fourth-order valence-electron chi connectivity index (χ4n) is 4.92. The number of pyridine rings is 1. The van der Waals surface area contributed by atoms with Gasteiger partial charge >= 0.3 is 0 Å². The van der Waals surface area contributed by atoms with E-state index in [9.17, 15) is 13.6 Å². The van der Waals surface area contributed by atoms with E-state index in [2.05, 4.69) is 30.7 Å². The molecular formula is C25H29F2N7O2S2. The zero-order chi connectivity index (χ0) is 26.9. The first-order valence-corrected chi connectivity index (χ1v) is 14.0. The third kappa shape index (κ3) is 5.84. The summed E-state index contributed by atoms with van der Waals surface area (Å²) in [5.41, 5.74) is 3.56. The molecule has 38 heavy (non-hydrogen) atoms. The lowest BCUT2D eigenvalue weighted by atomic mass is 9.78. The molecule has 3 aromatic rings. The van der Waals surface area contributed by atoms with Crippen LogP contribution in [0.5, 0.6) is 0 Å². The number of anilines is 2. The predicted molar refractivity (Wildman–Crippen MR) is 145 cm³/mol. The first-order chi connectivity index (χ1) is 18.2. The van der Waals surface area contributed by atoms with Gasteiger partial charge in [-0.2, -0.15) is 0 Å². The number of aryl methyl sites for hydroxylation is 2. The number of aromatic nitrogens is 3. The van der Waals surface area contributed by atoms with Crippen LogP contribution in [0.25, 0.3) is 10.6 Å². The second-order valence-electron chi connectivity index (χ2n) is 9.53. The molecule has 1 saturated carbocycles. The normalized spacial score (nSPS) is 22.4. The molecule has 1 aliphatic carbocycles. The number of carbonyl (C=O) groups is 1. The van der Waals surface area contributed by atoms with Gasteiger partial charge in [0.25, 0.3) is 11.8 Å². The molecule has 1 amide bonds. The molecule has 7 rings (SSSR count).